The number of aromatic hydroxyl groups is 1. The van der Waals surface area contributed by atoms with Gasteiger partial charge in [-0.1, -0.05) is 24.3 Å². The molecule has 0 atom stereocenters. The van der Waals surface area contributed by atoms with Crippen LogP contribution in [0.5, 0.6) is 5.75 Å². The topological polar surface area (TPSA) is 51.1 Å². The number of hydrogen-bond donors (Lipinski definition) is 2. The number of anilines is 1. The molecule has 2 aromatic rings. The SMILES string of the molecule is CN=C(NCc1cccc(F)c1)N1CCN(c2ccccc2O)CC1. The second kappa shape index (κ2) is 7.88. The van der Waals surface area contributed by atoms with Crippen molar-refractivity contribution in [2.45, 2.75) is 6.54 Å². The largest absolute Gasteiger partial charge is 0.506 e. The van der Waals surface area contributed by atoms with Gasteiger partial charge in [-0.3, -0.25) is 4.99 Å². The Bertz CT molecular complexity index is 742. The van der Waals surface area contributed by atoms with Crippen LogP contribution in [0.25, 0.3) is 0 Å². The van der Waals surface area contributed by atoms with Crippen LogP contribution in [-0.2, 0) is 6.54 Å². The molecular weight excluding hydrogens is 319 g/mol. The molecule has 0 aromatic heterocycles. The Hall–Kier alpha value is -2.76. The number of nitrogens with one attached hydrogen (secondary N) is 1. The van der Waals surface area contributed by atoms with Gasteiger partial charge in [-0.2, -0.15) is 0 Å². The molecule has 1 saturated heterocycles. The Morgan fingerprint density at radius 1 is 1.12 bits per heavy atom. The first-order valence-corrected chi connectivity index (χ1v) is 8.40. The molecule has 0 radical (unpaired) electrons. The summed E-state index contributed by atoms with van der Waals surface area (Å²) >= 11 is 0. The lowest BCUT2D eigenvalue weighted by Gasteiger charge is -2.37. The summed E-state index contributed by atoms with van der Waals surface area (Å²) in [5, 5.41) is 13.3. The van der Waals surface area contributed by atoms with Crippen molar-refractivity contribution in [3.05, 3.63) is 59.9 Å². The predicted molar refractivity (Wildman–Crippen MR) is 98.5 cm³/mol. The van der Waals surface area contributed by atoms with Crippen LogP contribution in [0.1, 0.15) is 5.56 Å². The zero-order valence-corrected chi connectivity index (χ0v) is 14.3. The normalized spacial score (nSPS) is 15.4. The van der Waals surface area contributed by atoms with Gasteiger partial charge in [0.25, 0.3) is 0 Å². The number of aliphatic imine (C=N–C) groups is 1. The fraction of sp³-hybridized carbons (Fsp3) is 0.316. The molecule has 0 spiro atoms. The van der Waals surface area contributed by atoms with Crippen molar-refractivity contribution in [1.29, 1.82) is 0 Å². The lowest BCUT2D eigenvalue weighted by molar-refractivity contribution is 0.369. The Balaban J connectivity index is 1.56. The smallest absolute Gasteiger partial charge is 0.194 e. The number of benzene rings is 2. The van der Waals surface area contributed by atoms with E-state index in [1.54, 1.807) is 19.2 Å². The summed E-state index contributed by atoms with van der Waals surface area (Å²) < 4.78 is 13.3. The highest BCUT2D eigenvalue weighted by Crippen LogP contribution is 2.27. The van der Waals surface area contributed by atoms with Crippen LogP contribution < -0.4 is 10.2 Å². The van der Waals surface area contributed by atoms with Gasteiger partial charge in [-0.15, -0.1) is 0 Å². The number of hydrogen-bond acceptors (Lipinski definition) is 3. The third-order valence-electron chi connectivity index (χ3n) is 4.35. The molecule has 2 N–H and O–H groups in total. The van der Waals surface area contributed by atoms with Gasteiger partial charge in [-0.05, 0) is 29.8 Å². The Morgan fingerprint density at radius 3 is 2.56 bits per heavy atom. The quantitative estimate of drug-likeness (QED) is 0.664. The molecule has 1 aliphatic heterocycles. The van der Waals surface area contributed by atoms with E-state index in [4.69, 9.17) is 0 Å². The van der Waals surface area contributed by atoms with Crippen LogP contribution >= 0.6 is 0 Å². The van der Waals surface area contributed by atoms with Crippen molar-refractivity contribution in [2.75, 3.05) is 38.1 Å². The third-order valence-corrected chi connectivity index (χ3v) is 4.35. The Labute approximate surface area is 147 Å². The first-order valence-electron chi connectivity index (χ1n) is 8.40. The van der Waals surface area contributed by atoms with Gasteiger partial charge < -0.3 is 20.2 Å². The summed E-state index contributed by atoms with van der Waals surface area (Å²) in [6.45, 7) is 3.74. The number of halogens is 1. The van der Waals surface area contributed by atoms with E-state index in [-0.39, 0.29) is 5.82 Å². The molecular formula is C19H23FN4O. The minimum absolute atomic E-state index is 0.231. The van der Waals surface area contributed by atoms with Crippen molar-refractivity contribution < 1.29 is 9.50 Å². The molecule has 3 rings (SSSR count). The number of guanidine groups is 1. The van der Waals surface area contributed by atoms with Crippen molar-refractivity contribution >= 4 is 11.6 Å². The second-order valence-corrected chi connectivity index (χ2v) is 5.99. The first-order chi connectivity index (χ1) is 12.2. The number of para-hydroxylation sites is 2. The molecule has 2 aromatic carbocycles. The van der Waals surface area contributed by atoms with E-state index in [9.17, 15) is 9.50 Å². The molecule has 1 heterocycles. The number of nitrogens with zero attached hydrogens (tertiary/aromatic N) is 3. The first kappa shape index (κ1) is 17.1. The number of phenols is 1. The standard InChI is InChI=1S/C19H23FN4O/c1-21-19(22-14-15-5-4-6-16(20)13-15)24-11-9-23(10-12-24)17-7-2-3-8-18(17)25/h2-8,13,25H,9-12,14H2,1H3,(H,21,22). The molecule has 25 heavy (non-hydrogen) atoms. The molecule has 1 aliphatic rings. The molecule has 5 nitrogen and oxygen atoms in total. The van der Waals surface area contributed by atoms with Gasteiger partial charge in [0.15, 0.2) is 5.96 Å². The maximum Gasteiger partial charge on any atom is 0.194 e. The molecule has 6 heteroatoms. The van der Waals surface area contributed by atoms with Gasteiger partial charge >= 0.3 is 0 Å². The van der Waals surface area contributed by atoms with Crippen molar-refractivity contribution in [3.63, 3.8) is 0 Å². The van der Waals surface area contributed by atoms with Gasteiger partial charge in [0.1, 0.15) is 11.6 Å². The van der Waals surface area contributed by atoms with Crippen molar-refractivity contribution in [2.24, 2.45) is 4.99 Å². The van der Waals surface area contributed by atoms with Crippen molar-refractivity contribution in [3.8, 4) is 5.75 Å². The van der Waals surface area contributed by atoms with Crippen LogP contribution in [0.3, 0.4) is 0 Å². The summed E-state index contributed by atoms with van der Waals surface area (Å²) in [5.74, 6) is 0.885. The van der Waals surface area contributed by atoms with E-state index >= 15 is 0 Å². The summed E-state index contributed by atoms with van der Waals surface area (Å²) in [7, 11) is 1.75. The van der Waals surface area contributed by atoms with E-state index in [0.29, 0.717) is 12.3 Å². The highest BCUT2D eigenvalue weighted by Gasteiger charge is 2.21. The maximum absolute atomic E-state index is 13.3. The van der Waals surface area contributed by atoms with E-state index < -0.39 is 0 Å². The second-order valence-electron chi connectivity index (χ2n) is 5.99. The Morgan fingerprint density at radius 2 is 1.88 bits per heavy atom. The molecule has 0 unspecified atom stereocenters. The average molecular weight is 342 g/mol. The molecule has 132 valence electrons. The van der Waals surface area contributed by atoms with Crippen LogP contribution in [0, 0.1) is 5.82 Å². The minimum Gasteiger partial charge on any atom is -0.506 e. The van der Waals surface area contributed by atoms with Crippen LogP contribution in [0.15, 0.2) is 53.5 Å². The number of rotatable bonds is 3. The fourth-order valence-corrected chi connectivity index (χ4v) is 3.05. The predicted octanol–water partition coefficient (Wildman–Crippen LogP) is 2.43. The number of piperazine rings is 1. The zero-order valence-electron chi connectivity index (χ0n) is 14.3. The van der Waals surface area contributed by atoms with E-state index in [1.165, 1.54) is 12.1 Å². The van der Waals surface area contributed by atoms with Gasteiger partial charge in [0, 0.05) is 39.8 Å². The molecule has 0 amide bonds. The van der Waals surface area contributed by atoms with E-state index in [2.05, 4.69) is 20.1 Å². The lowest BCUT2D eigenvalue weighted by atomic mass is 10.2. The summed E-state index contributed by atoms with van der Waals surface area (Å²) in [6, 6.07) is 14.0. The van der Waals surface area contributed by atoms with E-state index in [1.807, 2.05) is 24.3 Å². The minimum atomic E-state index is -0.231. The summed E-state index contributed by atoms with van der Waals surface area (Å²) in [5.41, 5.74) is 1.75. The summed E-state index contributed by atoms with van der Waals surface area (Å²) in [6.07, 6.45) is 0. The van der Waals surface area contributed by atoms with E-state index in [0.717, 1.165) is 43.4 Å². The van der Waals surface area contributed by atoms with Crippen LogP contribution in [-0.4, -0.2) is 49.2 Å². The monoisotopic (exact) mass is 342 g/mol. The van der Waals surface area contributed by atoms with Gasteiger partial charge in [0.2, 0.25) is 0 Å². The molecule has 0 saturated carbocycles. The Kier molecular flexibility index (Phi) is 5.38. The zero-order chi connectivity index (χ0) is 17.6. The highest BCUT2D eigenvalue weighted by atomic mass is 19.1. The number of phenolic OH excluding ortho intramolecular Hbond substituents is 1. The average Bonchev–Trinajstić information content (AvgIpc) is 2.63. The maximum atomic E-state index is 13.3. The van der Waals surface area contributed by atoms with Crippen LogP contribution in [0.2, 0.25) is 0 Å². The lowest BCUT2D eigenvalue weighted by Crippen LogP contribution is -2.52. The van der Waals surface area contributed by atoms with Crippen LogP contribution in [0.4, 0.5) is 10.1 Å². The third kappa shape index (κ3) is 4.21. The van der Waals surface area contributed by atoms with Gasteiger partial charge in [-0.25, -0.2) is 4.39 Å². The van der Waals surface area contributed by atoms with Gasteiger partial charge in [0.05, 0.1) is 5.69 Å². The molecule has 0 aliphatic carbocycles. The molecule has 0 bridgehead atoms. The van der Waals surface area contributed by atoms with Crippen molar-refractivity contribution in [1.82, 2.24) is 10.2 Å². The summed E-state index contributed by atoms with van der Waals surface area (Å²) in [4.78, 5) is 8.68. The fourth-order valence-electron chi connectivity index (χ4n) is 3.05. The molecule has 1 fully saturated rings. The highest BCUT2D eigenvalue weighted by molar-refractivity contribution is 5.80.